The first kappa shape index (κ1) is 13.4. The van der Waals surface area contributed by atoms with Crippen LogP contribution in [0.5, 0.6) is 11.5 Å². The third-order valence-corrected chi connectivity index (χ3v) is 3.38. The molecule has 1 nitrogen and oxygen atoms in total. The van der Waals surface area contributed by atoms with Gasteiger partial charge in [0, 0.05) is 0 Å². The van der Waals surface area contributed by atoms with Crippen molar-refractivity contribution in [2.45, 2.75) is 5.02 Å². The van der Waals surface area contributed by atoms with Gasteiger partial charge in [-0.25, -0.2) is 0 Å². The molecule has 2 rings (SSSR count). The van der Waals surface area contributed by atoms with Gasteiger partial charge in [0.2, 0.25) is 0 Å². The van der Waals surface area contributed by atoms with Crippen molar-refractivity contribution in [3.05, 3.63) is 60.2 Å². The maximum absolute atomic E-state index is 5.73. The topological polar surface area (TPSA) is 9.23 Å². The number of rotatable bonds is 3. The Morgan fingerprint density at radius 2 is 1.56 bits per heavy atom. The quantitative estimate of drug-likeness (QED) is 0.770. The van der Waals surface area contributed by atoms with Crippen molar-refractivity contribution in [2.24, 2.45) is 0 Å². The first-order valence-corrected chi connectivity index (χ1v) is 7.09. The fraction of sp³-hybridized carbons (Fsp3) is 0.0769. The Morgan fingerprint density at radius 3 is 2.25 bits per heavy atom. The number of hydrogen-bond acceptors (Lipinski definition) is 1. The third-order valence-electron chi connectivity index (χ3n) is 2.17. The second kappa shape index (κ2) is 6.83. The molecule has 0 spiro atoms. The zero-order valence-corrected chi connectivity index (χ0v) is 13.6. The SMILES string of the molecule is Br.[Zn][CH2]c1cccc(Oc2ccccc2)c1. The molecule has 16 heavy (non-hydrogen) atoms. The van der Waals surface area contributed by atoms with Gasteiger partial charge in [0.25, 0.3) is 0 Å². The van der Waals surface area contributed by atoms with Gasteiger partial charge in [0.05, 0.1) is 0 Å². The molecule has 0 aliphatic carbocycles. The normalized spacial score (nSPS) is 9.38. The summed E-state index contributed by atoms with van der Waals surface area (Å²) in [5.74, 6) is 1.81. The van der Waals surface area contributed by atoms with Crippen LogP contribution < -0.4 is 4.74 Å². The van der Waals surface area contributed by atoms with Gasteiger partial charge in [-0.05, 0) is 0 Å². The van der Waals surface area contributed by atoms with Crippen LogP contribution in [0.2, 0.25) is 0 Å². The average molecular weight is 330 g/mol. The van der Waals surface area contributed by atoms with Gasteiger partial charge in [0.1, 0.15) is 0 Å². The van der Waals surface area contributed by atoms with Gasteiger partial charge in [0.15, 0.2) is 0 Å². The molecule has 0 atom stereocenters. The Morgan fingerprint density at radius 1 is 0.875 bits per heavy atom. The number of halogens is 1. The van der Waals surface area contributed by atoms with E-state index in [1.54, 1.807) is 0 Å². The van der Waals surface area contributed by atoms with Gasteiger partial charge in [-0.1, -0.05) is 0 Å². The molecule has 0 saturated heterocycles. The van der Waals surface area contributed by atoms with Crippen LogP contribution in [0, 0.1) is 0 Å². The first-order valence-electron chi connectivity index (χ1n) is 4.99. The molecular formula is C13H12BrOZn. The molecule has 0 heterocycles. The van der Waals surface area contributed by atoms with E-state index in [9.17, 15) is 0 Å². The summed E-state index contributed by atoms with van der Waals surface area (Å²) in [6, 6.07) is 18.2. The zero-order chi connectivity index (χ0) is 10.5. The van der Waals surface area contributed by atoms with Crippen molar-refractivity contribution in [3.63, 3.8) is 0 Å². The fourth-order valence-electron chi connectivity index (χ4n) is 1.39. The number of benzene rings is 2. The van der Waals surface area contributed by atoms with Gasteiger partial charge >= 0.3 is 99.7 Å². The van der Waals surface area contributed by atoms with Crippen LogP contribution in [0.25, 0.3) is 0 Å². The Balaban J connectivity index is 0.00000128. The van der Waals surface area contributed by atoms with Crippen molar-refractivity contribution < 1.29 is 23.0 Å². The van der Waals surface area contributed by atoms with E-state index >= 15 is 0 Å². The van der Waals surface area contributed by atoms with Gasteiger partial charge < -0.3 is 0 Å². The van der Waals surface area contributed by atoms with E-state index in [4.69, 9.17) is 4.74 Å². The van der Waals surface area contributed by atoms with Crippen molar-refractivity contribution >= 4 is 17.0 Å². The van der Waals surface area contributed by atoms with Crippen LogP contribution in [0.4, 0.5) is 0 Å². The molecule has 2 aromatic rings. The molecule has 0 aliphatic heterocycles. The van der Waals surface area contributed by atoms with Crippen LogP contribution in [-0.2, 0) is 23.3 Å². The molecule has 0 aliphatic rings. The molecule has 0 saturated carbocycles. The summed E-state index contributed by atoms with van der Waals surface area (Å²) in [6.07, 6.45) is 0. The van der Waals surface area contributed by atoms with Crippen LogP contribution in [-0.4, -0.2) is 0 Å². The zero-order valence-electron chi connectivity index (χ0n) is 8.93. The molecule has 0 N–H and O–H groups in total. The molecule has 2 aromatic carbocycles. The molecule has 3 heteroatoms. The van der Waals surface area contributed by atoms with Crippen molar-refractivity contribution in [1.29, 1.82) is 0 Å². The van der Waals surface area contributed by atoms with Crippen LogP contribution >= 0.6 is 17.0 Å². The van der Waals surface area contributed by atoms with Crippen LogP contribution in [0.15, 0.2) is 54.6 Å². The maximum atomic E-state index is 5.73. The second-order valence-electron chi connectivity index (χ2n) is 3.31. The molecular weight excluding hydrogens is 317 g/mol. The molecule has 0 fully saturated rings. The molecule has 0 aromatic heterocycles. The molecule has 0 radical (unpaired) electrons. The van der Waals surface area contributed by atoms with Crippen molar-refractivity contribution in [1.82, 2.24) is 0 Å². The summed E-state index contributed by atoms with van der Waals surface area (Å²) >= 11 is 1.29. The number of hydrogen-bond donors (Lipinski definition) is 0. The van der Waals surface area contributed by atoms with E-state index in [0.717, 1.165) is 16.5 Å². The molecule has 79 valence electrons. The Hall–Kier alpha value is -0.657. The molecule has 0 bridgehead atoms. The average Bonchev–Trinajstić information content (AvgIpc) is 2.31. The second-order valence-corrected chi connectivity index (χ2v) is 4.36. The summed E-state index contributed by atoms with van der Waals surface area (Å²) < 4.78 is 5.73. The molecule has 0 unspecified atom stereocenters. The Labute approximate surface area is 116 Å². The summed E-state index contributed by atoms with van der Waals surface area (Å²) in [4.78, 5) is 0. The van der Waals surface area contributed by atoms with Gasteiger partial charge in [-0.2, -0.15) is 0 Å². The predicted octanol–water partition coefficient (Wildman–Crippen LogP) is 4.10. The predicted molar refractivity (Wildman–Crippen MR) is 67.0 cm³/mol. The van der Waals surface area contributed by atoms with Gasteiger partial charge in [-0.15, -0.1) is 17.0 Å². The van der Waals surface area contributed by atoms with E-state index in [2.05, 4.69) is 12.1 Å². The standard InChI is InChI=1S/C13H11O.BrH.Zn/c1-11-6-5-9-13(10-11)14-12-7-3-2-4-8-12;;/h2-10H,1H2;1H;. The van der Waals surface area contributed by atoms with Crippen molar-refractivity contribution in [3.8, 4) is 11.5 Å². The Kier molecular flexibility index (Phi) is 5.72. The summed E-state index contributed by atoms with van der Waals surface area (Å²) in [5, 5.41) is 1.16. The van der Waals surface area contributed by atoms with E-state index in [1.165, 1.54) is 23.9 Å². The van der Waals surface area contributed by atoms with Crippen molar-refractivity contribution in [2.75, 3.05) is 0 Å². The Bertz CT molecular complexity index is 431. The minimum atomic E-state index is 0. The summed E-state index contributed by atoms with van der Waals surface area (Å²) in [5.41, 5.74) is 1.35. The number of ether oxygens (including phenoxy) is 1. The fourth-order valence-corrected chi connectivity index (χ4v) is 2.04. The van der Waals surface area contributed by atoms with E-state index < -0.39 is 0 Å². The van der Waals surface area contributed by atoms with E-state index in [0.29, 0.717) is 0 Å². The van der Waals surface area contributed by atoms with Crippen LogP contribution in [0.1, 0.15) is 5.56 Å². The summed E-state index contributed by atoms with van der Waals surface area (Å²) in [7, 11) is 0. The third kappa shape index (κ3) is 3.73. The first-order chi connectivity index (χ1) is 7.38. The van der Waals surface area contributed by atoms with E-state index in [-0.39, 0.29) is 17.0 Å². The number of para-hydroxylation sites is 1. The van der Waals surface area contributed by atoms with Gasteiger partial charge in [-0.3, -0.25) is 0 Å². The van der Waals surface area contributed by atoms with E-state index in [1.807, 2.05) is 42.5 Å². The molecule has 0 amide bonds. The van der Waals surface area contributed by atoms with Crippen LogP contribution in [0.3, 0.4) is 0 Å². The minimum absolute atomic E-state index is 0. The monoisotopic (exact) mass is 327 g/mol. The summed E-state index contributed by atoms with van der Waals surface area (Å²) in [6.45, 7) is 0.